The molecule has 0 bridgehead atoms. The van der Waals surface area contributed by atoms with Crippen LogP contribution < -0.4 is 5.32 Å². The van der Waals surface area contributed by atoms with E-state index in [-0.39, 0.29) is 5.91 Å². The number of amides is 1. The number of para-hydroxylation sites is 1. The fraction of sp³-hybridized carbons (Fsp3) is 0.0588. The van der Waals surface area contributed by atoms with Crippen molar-refractivity contribution in [1.29, 1.82) is 0 Å². The highest BCUT2D eigenvalue weighted by molar-refractivity contribution is 6.05. The van der Waals surface area contributed by atoms with Gasteiger partial charge in [0.2, 0.25) is 5.91 Å². The molecule has 1 amide bonds. The lowest BCUT2D eigenvalue weighted by atomic mass is 10.0. The van der Waals surface area contributed by atoms with Crippen molar-refractivity contribution in [3.8, 4) is 11.3 Å². The van der Waals surface area contributed by atoms with E-state index in [9.17, 15) is 9.59 Å². The summed E-state index contributed by atoms with van der Waals surface area (Å²) in [6, 6.07) is 13.2. The summed E-state index contributed by atoms with van der Waals surface area (Å²) < 4.78 is 0. The zero-order valence-corrected chi connectivity index (χ0v) is 11.1. The zero-order valence-electron chi connectivity index (χ0n) is 11.1. The van der Waals surface area contributed by atoms with Gasteiger partial charge in [-0.3, -0.25) is 9.59 Å². The Morgan fingerprint density at radius 2 is 1.95 bits per heavy atom. The quantitative estimate of drug-likeness (QED) is 0.671. The number of carbonyl (C=O) groups is 2. The number of fused-ring (bicyclic) bond motifs is 5. The van der Waals surface area contributed by atoms with Crippen molar-refractivity contribution in [3.63, 3.8) is 0 Å². The maximum atomic E-state index is 12.1. The average Bonchev–Trinajstić information content (AvgIpc) is 2.78. The first-order valence-corrected chi connectivity index (χ1v) is 6.75. The minimum atomic E-state index is -0.0430. The summed E-state index contributed by atoms with van der Waals surface area (Å²) in [6.07, 6.45) is 1.12. The lowest BCUT2D eigenvalue weighted by Crippen LogP contribution is -2.12. The van der Waals surface area contributed by atoms with Crippen LogP contribution in [0.1, 0.15) is 15.9 Å². The molecule has 0 saturated heterocycles. The first-order chi connectivity index (χ1) is 10.3. The predicted molar refractivity (Wildman–Crippen MR) is 81.5 cm³/mol. The molecule has 2 N–H and O–H groups in total. The van der Waals surface area contributed by atoms with E-state index in [1.165, 1.54) is 0 Å². The summed E-state index contributed by atoms with van der Waals surface area (Å²) >= 11 is 0. The Balaban J connectivity index is 2.08. The van der Waals surface area contributed by atoms with E-state index in [2.05, 4.69) is 10.3 Å². The highest BCUT2D eigenvalue weighted by Crippen LogP contribution is 2.37. The smallest absolute Gasteiger partial charge is 0.228 e. The van der Waals surface area contributed by atoms with E-state index in [4.69, 9.17) is 0 Å². The van der Waals surface area contributed by atoms with Crippen molar-refractivity contribution < 1.29 is 9.59 Å². The first kappa shape index (κ1) is 11.9. The molecule has 3 aromatic rings. The summed E-state index contributed by atoms with van der Waals surface area (Å²) in [5.74, 6) is -0.0430. The molecule has 1 aromatic heterocycles. The standard InChI is InChI=1S/C17H12N2O2/c20-9-10-5-6-15-12(7-10)13-8-16(21)18-14-4-2-1-3-11(14)17(13)19-15/h1-7,9,19H,8H2,(H,18,21). The Bertz CT molecular complexity index is 893. The van der Waals surface area contributed by atoms with Gasteiger partial charge in [-0.15, -0.1) is 0 Å². The van der Waals surface area contributed by atoms with E-state index in [1.54, 1.807) is 6.07 Å². The van der Waals surface area contributed by atoms with Crippen molar-refractivity contribution in [2.24, 2.45) is 0 Å². The van der Waals surface area contributed by atoms with Crippen LogP contribution in [-0.4, -0.2) is 17.2 Å². The van der Waals surface area contributed by atoms with Crippen LogP contribution >= 0.6 is 0 Å². The van der Waals surface area contributed by atoms with Crippen LogP contribution in [0.25, 0.3) is 22.2 Å². The molecule has 0 atom stereocenters. The van der Waals surface area contributed by atoms with E-state index < -0.39 is 0 Å². The summed E-state index contributed by atoms with van der Waals surface area (Å²) in [5, 5.41) is 3.85. The van der Waals surface area contributed by atoms with E-state index in [0.717, 1.165) is 39.7 Å². The SMILES string of the molecule is O=Cc1ccc2[nH]c3c(c2c1)CC(=O)Nc1ccccc1-3. The Hall–Kier alpha value is -2.88. The normalized spacial score (nSPS) is 13.2. The van der Waals surface area contributed by atoms with Crippen LogP contribution in [-0.2, 0) is 11.2 Å². The third-order valence-corrected chi connectivity index (χ3v) is 3.87. The second kappa shape index (κ2) is 4.31. The van der Waals surface area contributed by atoms with E-state index in [1.807, 2.05) is 36.4 Å². The summed E-state index contributed by atoms with van der Waals surface area (Å²) in [5.41, 5.74) is 5.22. The Labute approximate surface area is 120 Å². The van der Waals surface area contributed by atoms with Crippen LogP contribution in [0.4, 0.5) is 5.69 Å². The number of anilines is 1. The van der Waals surface area contributed by atoms with Gasteiger partial charge < -0.3 is 10.3 Å². The molecule has 0 unspecified atom stereocenters. The van der Waals surface area contributed by atoms with Crippen molar-refractivity contribution in [3.05, 3.63) is 53.6 Å². The first-order valence-electron chi connectivity index (χ1n) is 6.75. The van der Waals surface area contributed by atoms with Gasteiger partial charge in [0.1, 0.15) is 6.29 Å². The van der Waals surface area contributed by atoms with Crippen LogP contribution in [0.5, 0.6) is 0 Å². The maximum Gasteiger partial charge on any atom is 0.228 e. The van der Waals surface area contributed by atoms with Crippen LogP contribution in [0.15, 0.2) is 42.5 Å². The molecule has 21 heavy (non-hydrogen) atoms. The molecule has 0 radical (unpaired) electrons. The van der Waals surface area contributed by atoms with Crippen LogP contribution in [0, 0.1) is 0 Å². The minimum Gasteiger partial charge on any atom is -0.354 e. The van der Waals surface area contributed by atoms with Crippen LogP contribution in [0.3, 0.4) is 0 Å². The second-order valence-corrected chi connectivity index (χ2v) is 5.17. The second-order valence-electron chi connectivity index (χ2n) is 5.17. The molecule has 102 valence electrons. The number of benzene rings is 2. The number of aromatic amines is 1. The van der Waals surface area contributed by atoms with E-state index in [0.29, 0.717) is 12.0 Å². The van der Waals surface area contributed by atoms with Gasteiger partial charge in [0.15, 0.2) is 0 Å². The van der Waals surface area contributed by atoms with Gasteiger partial charge in [-0.2, -0.15) is 0 Å². The predicted octanol–water partition coefficient (Wildman–Crippen LogP) is 3.14. The fourth-order valence-electron chi connectivity index (χ4n) is 2.92. The third kappa shape index (κ3) is 1.76. The topological polar surface area (TPSA) is 62.0 Å². The van der Waals surface area contributed by atoms with Crippen molar-refractivity contribution >= 4 is 28.8 Å². The Morgan fingerprint density at radius 3 is 2.81 bits per heavy atom. The van der Waals surface area contributed by atoms with Gasteiger partial charge in [0.05, 0.1) is 17.8 Å². The number of nitrogens with one attached hydrogen (secondary N) is 2. The number of carbonyl (C=O) groups excluding carboxylic acids is 2. The Morgan fingerprint density at radius 1 is 1.10 bits per heavy atom. The number of hydrogen-bond acceptors (Lipinski definition) is 2. The minimum absolute atomic E-state index is 0.0430. The van der Waals surface area contributed by atoms with Gasteiger partial charge >= 0.3 is 0 Å². The van der Waals surface area contributed by atoms with E-state index >= 15 is 0 Å². The van der Waals surface area contributed by atoms with Gasteiger partial charge in [-0.05, 0) is 29.8 Å². The molecule has 4 nitrogen and oxygen atoms in total. The van der Waals surface area contributed by atoms with Crippen molar-refractivity contribution in [2.45, 2.75) is 6.42 Å². The third-order valence-electron chi connectivity index (χ3n) is 3.87. The van der Waals surface area contributed by atoms with Crippen molar-refractivity contribution in [1.82, 2.24) is 4.98 Å². The zero-order chi connectivity index (χ0) is 14.4. The molecule has 4 rings (SSSR count). The monoisotopic (exact) mass is 276 g/mol. The van der Waals surface area contributed by atoms with Gasteiger partial charge in [0.25, 0.3) is 0 Å². The number of hydrogen-bond donors (Lipinski definition) is 2. The number of aromatic nitrogens is 1. The average molecular weight is 276 g/mol. The maximum absolute atomic E-state index is 12.1. The molecule has 0 fully saturated rings. The highest BCUT2D eigenvalue weighted by Gasteiger charge is 2.22. The fourth-order valence-corrected chi connectivity index (χ4v) is 2.92. The lowest BCUT2D eigenvalue weighted by molar-refractivity contribution is -0.115. The van der Waals surface area contributed by atoms with Gasteiger partial charge in [-0.1, -0.05) is 18.2 Å². The Kier molecular flexibility index (Phi) is 2.44. The summed E-state index contributed by atoms with van der Waals surface area (Å²) in [4.78, 5) is 26.5. The molecule has 0 aliphatic carbocycles. The largest absolute Gasteiger partial charge is 0.354 e. The number of aldehydes is 1. The molecule has 1 aliphatic rings. The van der Waals surface area contributed by atoms with Gasteiger partial charge in [0, 0.05) is 22.0 Å². The number of H-pyrrole nitrogens is 1. The molecular formula is C17H12N2O2. The van der Waals surface area contributed by atoms with Crippen LogP contribution in [0.2, 0.25) is 0 Å². The van der Waals surface area contributed by atoms with Gasteiger partial charge in [-0.25, -0.2) is 0 Å². The summed E-state index contributed by atoms with van der Waals surface area (Å²) in [7, 11) is 0. The number of rotatable bonds is 1. The molecule has 0 spiro atoms. The molecule has 4 heteroatoms. The molecule has 1 aliphatic heterocycles. The van der Waals surface area contributed by atoms with Crippen molar-refractivity contribution in [2.75, 3.05) is 5.32 Å². The molecular weight excluding hydrogens is 264 g/mol. The highest BCUT2D eigenvalue weighted by atomic mass is 16.1. The summed E-state index contributed by atoms with van der Waals surface area (Å²) in [6.45, 7) is 0. The molecule has 2 heterocycles. The molecule has 0 saturated carbocycles. The molecule has 2 aromatic carbocycles. The lowest BCUT2D eigenvalue weighted by Gasteiger charge is -2.05.